The number of likely N-dealkylation sites (tertiary alicyclic amines) is 1. The van der Waals surface area contributed by atoms with Gasteiger partial charge in [0.05, 0.1) is 0 Å². The summed E-state index contributed by atoms with van der Waals surface area (Å²) >= 11 is 0. The quantitative estimate of drug-likeness (QED) is 0.720. The van der Waals surface area contributed by atoms with Crippen molar-refractivity contribution in [3.05, 3.63) is 6.07 Å². The number of piperidine rings is 1. The Kier molecular flexibility index (Phi) is 5.20. The molecule has 0 aromatic carbocycles. The molecule has 0 unspecified atom stereocenters. The minimum Gasteiger partial charge on any atom is -0.370 e. The second kappa shape index (κ2) is 7.13. The van der Waals surface area contributed by atoms with Crippen LogP contribution >= 0.6 is 0 Å². The number of nitrogen functional groups attached to an aromatic ring is 1. The summed E-state index contributed by atoms with van der Waals surface area (Å²) in [6.07, 6.45) is 4.02. The summed E-state index contributed by atoms with van der Waals surface area (Å²) in [5, 5.41) is 6.47. The lowest BCUT2D eigenvalue weighted by molar-refractivity contribution is 0.237. The first kappa shape index (κ1) is 13.9. The molecule has 4 N–H and O–H groups in total. The van der Waals surface area contributed by atoms with Crippen molar-refractivity contribution in [2.45, 2.75) is 26.2 Å². The summed E-state index contributed by atoms with van der Waals surface area (Å²) in [4.78, 5) is 10.8. The molecule has 0 atom stereocenters. The second-order valence-corrected chi connectivity index (χ2v) is 4.86. The zero-order valence-corrected chi connectivity index (χ0v) is 11.7. The summed E-state index contributed by atoms with van der Waals surface area (Å²) in [6.45, 7) is 7.24. The van der Waals surface area contributed by atoms with Crippen LogP contribution in [0.15, 0.2) is 6.07 Å². The van der Waals surface area contributed by atoms with E-state index >= 15 is 0 Å². The van der Waals surface area contributed by atoms with Gasteiger partial charge in [-0.2, -0.15) is 9.97 Å². The number of rotatable bonds is 6. The third kappa shape index (κ3) is 4.55. The zero-order valence-electron chi connectivity index (χ0n) is 11.7. The molecule has 1 aliphatic rings. The Morgan fingerprint density at radius 2 is 1.84 bits per heavy atom. The smallest absolute Gasteiger partial charge is 0.223 e. The molecule has 1 fully saturated rings. The van der Waals surface area contributed by atoms with Gasteiger partial charge in [-0.3, -0.25) is 0 Å². The van der Waals surface area contributed by atoms with Crippen LogP contribution < -0.4 is 16.4 Å². The Bertz CT molecular complexity index is 389. The maximum absolute atomic E-state index is 5.69. The third-order valence-corrected chi connectivity index (χ3v) is 3.28. The van der Waals surface area contributed by atoms with E-state index < -0.39 is 0 Å². The van der Waals surface area contributed by atoms with E-state index in [-0.39, 0.29) is 0 Å². The molecule has 0 bridgehead atoms. The highest BCUT2D eigenvalue weighted by atomic mass is 15.2. The van der Waals surface area contributed by atoms with Gasteiger partial charge in [-0.05, 0) is 32.9 Å². The lowest BCUT2D eigenvalue weighted by atomic mass is 10.1. The molecule has 1 saturated heterocycles. The van der Waals surface area contributed by atoms with Gasteiger partial charge in [-0.1, -0.05) is 6.42 Å². The van der Waals surface area contributed by atoms with Crippen molar-refractivity contribution in [1.82, 2.24) is 14.9 Å². The highest BCUT2D eigenvalue weighted by molar-refractivity contribution is 5.50. The van der Waals surface area contributed by atoms with Gasteiger partial charge in [0.1, 0.15) is 11.6 Å². The first-order valence-corrected chi connectivity index (χ1v) is 7.12. The zero-order chi connectivity index (χ0) is 13.5. The number of nitrogens with two attached hydrogens (primary N) is 1. The molecule has 6 heteroatoms. The van der Waals surface area contributed by atoms with Crippen molar-refractivity contribution < 1.29 is 0 Å². The van der Waals surface area contributed by atoms with E-state index in [9.17, 15) is 0 Å². The van der Waals surface area contributed by atoms with Crippen LogP contribution in [0.3, 0.4) is 0 Å². The molecule has 19 heavy (non-hydrogen) atoms. The summed E-state index contributed by atoms with van der Waals surface area (Å²) < 4.78 is 0. The van der Waals surface area contributed by atoms with Crippen molar-refractivity contribution >= 4 is 17.6 Å². The van der Waals surface area contributed by atoms with Crippen LogP contribution in [0.4, 0.5) is 17.6 Å². The highest BCUT2D eigenvalue weighted by Crippen LogP contribution is 2.12. The van der Waals surface area contributed by atoms with Gasteiger partial charge in [-0.15, -0.1) is 0 Å². The van der Waals surface area contributed by atoms with Crippen molar-refractivity contribution in [3.63, 3.8) is 0 Å². The van der Waals surface area contributed by atoms with Crippen molar-refractivity contribution in [1.29, 1.82) is 0 Å². The first-order chi connectivity index (χ1) is 9.28. The van der Waals surface area contributed by atoms with E-state index in [4.69, 9.17) is 5.73 Å². The summed E-state index contributed by atoms with van der Waals surface area (Å²) in [5.41, 5.74) is 5.69. The van der Waals surface area contributed by atoms with Gasteiger partial charge in [0.2, 0.25) is 5.95 Å². The van der Waals surface area contributed by atoms with E-state index in [1.165, 1.54) is 32.4 Å². The molecule has 0 radical (unpaired) electrons. The third-order valence-electron chi connectivity index (χ3n) is 3.28. The van der Waals surface area contributed by atoms with E-state index in [0.29, 0.717) is 5.95 Å². The van der Waals surface area contributed by atoms with Gasteiger partial charge < -0.3 is 21.3 Å². The summed E-state index contributed by atoms with van der Waals surface area (Å²) in [6, 6.07) is 1.90. The fourth-order valence-corrected chi connectivity index (χ4v) is 2.35. The topological polar surface area (TPSA) is 79.1 Å². The van der Waals surface area contributed by atoms with Crippen LogP contribution in [-0.2, 0) is 0 Å². The average molecular weight is 264 g/mol. The molecular weight excluding hydrogens is 240 g/mol. The molecule has 1 aliphatic heterocycles. The first-order valence-electron chi connectivity index (χ1n) is 7.12. The van der Waals surface area contributed by atoms with Gasteiger partial charge in [0.15, 0.2) is 0 Å². The molecule has 6 nitrogen and oxygen atoms in total. The van der Waals surface area contributed by atoms with Crippen LogP contribution in [0.2, 0.25) is 0 Å². The van der Waals surface area contributed by atoms with Gasteiger partial charge in [-0.25, -0.2) is 0 Å². The van der Waals surface area contributed by atoms with Gasteiger partial charge >= 0.3 is 0 Å². The van der Waals surface area contributed by atoms with Crippen LogP contribution in [0.1, 0.15) is 26.2 Å². The lowest BCUT2D eigenvalue weighted by Crippen LogP contribution is -2.33. The number of hydrogen-bond donors (Lipinski definition) is 3. The highest BCUT2D eigenvalue weighted by Gasteiger charge is 2.09. The van der Waals surface area contributed by atoms with Crippen LogP contribution in [0.25, 0.3) is 0 Å². The molecule has 0 spiro atoms. The molecule has 1 aromatic rings. The lowest BCUT2D eigenvalue weighted by Gasteiger charge is -2.26. The van der Waals surface area contributed by atoms with Crippen molar-refractivity contribution in [2.75, 3.05) is 49.1 Å². The standard InChI is InChI=1S/C13H24N6/c1-2-15-11-10-12(18-13(14)17-11)16-6-9-19-7-4-3-5-8-19/h10H,2-9H2,1H3,(H4,14,15,16,17,18). The Balaban J connectivity index is 1.81. The number of aromatic nitrogens is 2. The molecular formula is C13H24N6. The molecule has 2 heterocycles. The number of anilines is 3. The maximum atomic E-state index is 5.69. The number of nitrogens with one attached hydrogen (secondary N) is 2. The molecule has 1 aromatic heterocycles. The summed E-state index contributed by atoms with van der Waals surface area (Å²) in [5.74, 6) is 1.87. The van der Waals surface area contributed by atoms with E-state index in [2.05, 4.69) is 25.5 Å². The van der Waals surface area contributed by atoms with E-state index in [1.54, 1.807) is 0 Å². The Morgan fingerprint density at radius 1 is 1.16 bits per heavy atom. The van der Waals surface area contributed by atoms with E-state index in [1.807, 2.05) is 13.0 Å². The SMILES string of the molecule is CCNc1cc(NCCN2CCCCC2)nc(N)n1. The fourth-order valence-electron chi connectivity index (χ4n) is 2.35. The minimum absolute atomic E-state index is 0.305. The van der Waals surface area contributed by atoms with Crippen LogP contribution in [0.5, 0.6) is 0 Å². The van der Waals surface area contributed by atoms with Crippen molar-refractivity contribution in [3.8, 4) is 0 Å². The van der Waals surface area contributed by atoms with Crippen LogP contribution in [-0.4, -0.2) is 47.6 Å². The van der Waals surface area contributed by atoms with Crippen LogP contribution in [0, 0.1) is 0 Å². The molecule has 0 saturated carbocycles. The molecule has 2 rings (SSSR count). The predicted octanol–water partition coefficient (Wildman–Crippen LogP) is 1.39. The van der Waals surface area contributed by atoms with Gasteiger partial charge in [0.25, 0.3) is 0 Å². The minimum atomic E-state index is 0.305. The monoisotopic (exact) mass is 264 g/mol. The van der Waals surface area contributed by atoms with Crippen molar-refractivity contribution in [2.24, 2.45) is 0 Å². The summed E-state index contributed by atoms with van der Waals surface area (Å²) in [7, 11) is 0. The molecule has 0 amide bonds. The normalized spacial score (nSPS) is 16.3. The molecule has 106 valence electrons. The second-order valence-electron chi connectivity index (χ2n) is 4.86. The Morgan fingerprint density at radius 3 is 2.53 bits per heavy atom. The average Bonchev–Trinajstić information content (AvgIpc) is 2.40. The Hall–Kier alpha value is -1.56. The Labute approximate surface area is 114 Å². The van der Waals surface area contributed by atoms with Gasteiger partial charge in [0, 0.05) is 25.7 Å². The predicted molar refractivity (Wildman–Crippen MR) is 79.4 cm³/mol. The maximum Gasteiger partial charge on any atom is 0.223 e. The largest absolute Gasteiger partial charge is 0.370 e. The molecule has 0 aliphatic carbocycles. The number of hydrogen-bond acceptors (Lipinski definition) is 6. The fraction of sp³-hybridized carbons (Fsp3) is 0.692. The number of nitrogens with zero attached hydrogens (tertiary/aromatic N) is 3. The van der Waals surface area contributed by atoms with E-state index in [0.717, 1.165) is 31.3 Å².